The summed E-state index contributed by atoms with van der Waals surface area (Å²) >= 11 is 6.11. The van der Waals surface area contributed by atoms with Gasteiger partial charge in [-0.25, -0.2) is 9.67 Å². The lowest BCUT2D eigenvalue weighted by Gasteiger charge is -2.44. The van der Waals surface area contributed by atoms with Crippen molar-refractivity contribution in [2.24, 2.45) is 0 Å². The molecule has 0 spiro atoms. The fraction of sp³-hybridized carbons (Fsp3) is 0.484. The van der Waals surface area contributed by atoms with Crippen molar-refractivity contribution in [3.05, 3.63) is 82.9 Å². The van der Waals surface area contributed by atoms with Gasteiger partial charge in [-0.2, -0.15) is 5.10 Å². The molecule has 1 aromatic heterocycles. The highest BCUT2D eigenvalue weighted by Gasteiger charge is 2.36. The predicted octanol–water partition coefficient (Wildman–Crippen LogP) is 3.00. The highest BCUT2D eigenvalue weighted by atomic mass is 35.5. The number of rotatable bonds is 7. The van der Waals surface area contributed by atoms with Gasteiger partial charge in [-0.15, -0.1) is 0 Å². The molecule has 1 saturated carbocycles. The van der Waals surface area contributed by atoms with Crippen molar-refractivity contribution in [3.8, 4) is 0 Å². The molecule has 0 bridgehead atoms. The van der Waals surface area contributed by atoms with E-state index in [1.165, 1.54) is 24.0 Å². The molecule has 3 unspecified atom stereocenters. The Hall–Kier alpha value is -3.27. The van der Waals surface area contributed by atoms with Crippen LogP contribution in [0.1, 0.15) is 48.4 Å². The molecule has 41 heavy (non-hydrogen) atoms. The lowest BCUT2D eigenvalue weighted by molar-refractivity contribution is -0.138. The summed E-state index contributed by atoms with van der Waals surface area (Å²) in [4.78, 5) is 36.0. The van der Waals surface area contributed by atoms with Crippen LogP contribution in [0.5, 0.6) is 0 Å². The molecule has 2 amide bonds. The number of benzene rings is 2. The van der Waals surface area contributed by atoms with E-state index >= 15 is 0 Å². The van der Waals surface area contributed by atoms with Crippen LogP contribution in [0.15, 0.2) is 61.2 Å². The van der Waals surface area contributed by atoms with Crippen molar-refractivity contribution in [2.45, 2.75) is 69.2 Å². The molecule has 3 heterocycles. The Bertz CT molecular complexity index is 1320. The van der Waals surface area contributed by atoms with E-state index < -0.39 is 6.04 Å². The first-order valence-corrected chi connectivity index (χ1v) is 15.1. The molecule has 1 aliphatic carbocycles. The third-order valence-electron chi connectivity index (χ3n) is 8.93. The lowest BCUT2D eigenvalue weighted by Crippen LogP contribution is -2.59. The van der Waals surface area contributed by atoms with E-state index in [1.807, 2.05) is 52.3 Å². The zero-order chi connectivity index (χ0) is 28.2. The maximum Gasteiger partial charge on any atom is 0.245 e. The van der Waals surface area contributed by atoms with E-state index in [4.69, 9.17) is 11.6 Å². The number of carbonyl (C=O) groups excluding carboxylic acids is 2. The highest BCUT2D eigenvalue weighted by Crippen LogP contribution is 2.32. The summed E-state index contributed by atoms with van der Waals surface area (Å²) in [6.07, 6.45) is 9.11. The Kier molecular flexibility index (Phi) is 8.64. The maximum absolute atomic E-state index is 13.9. The maximum atomic E-state index is 13.9. The number of nitrogens with zero attached hydrogens (tertiary/aromatic N) is 5. The summed E-state index contributed by atoms with van der Waals surface area (Å²) in [7, 11) is 0. The summed E-state index contributed by atoms with van der Waals surface area (Å²) in [5.41, 5.74) is 3.36. The minimum absolute atomic E-state index is 0.0272. The van der Waals surface area contributed by atoms with Crippen molar-refractivity contribution >= 4 is 23.4 Å². The molecular formula is C31H38ClN7O2. The van der Waals surface area contributed by atoms with Gasteiger partial charge < -0.3 is 15.5 Å². The van der Waals surface area contributed by atoms with Gasteiger partial charge in [-0.3, -0.25) is 14.5 Å². The van der Waals surface area contributed by atoms with E-state index in [9.17, 15) is 9.59 Å². The molecule has 3 aliphatic rings. The Morgan fingerprint density at radius 2 is 1.71 bits per heavy atom. The van der Waals surface area contributed by atoms with E-state index in [2.05, 4.69) is 37.7 Å². The van der Waals surface area contributed by atoms with Crippen LogP contribution in [0.2, 0.25) is 5.02 Å². The SMILES string of the molecule is O=C(NC(Cc1ccc(Cl)cc1)C(=O)N1CCN(C2CCCCC2n2cncn2)CC1)[C@H]1Cc2ccccc2CN1. The normalized spacial score (nSPS) is 23.9. The molecular weight excluding hydrogens is 538 g/mol. The minimum atomic E-state index is -0.647. The number of nitrogens with one attached hydrogen (secondary N) is 2. The second-order valence-corrected chi connectivity index (χ2v) is 11.9. The highest BCUT2D eigenvalue weighted by molar-refractivity contribution is 6.30. The van der Waals surface area contributed by atoms with Gasteiger partial charge >= 0.3 is 0 Å². The Morgan fingerprint density at radius 3 is 2.44 bits per heavy atom. The van der Waals surface area contributed by atoms with Crippen LogP contribution < -0.4 is 10.6 Å². The fourth-order valence-electron chi connectivity index (χ4n) is 6.68. The first kappa shape index (κ1) is 27.9. The first-order valence-electron chi connectivity index (χ1n) is 14.8. The monoisotopic (exact) mass is 575 g/mol. The van der Waals surface area contributed by atoms with Gasteiger partial charge in [0.1, 0.15) is 18.7 Å². The number of fused-ring (bicyclic) bond motifs is 1. The number of halogens is 1. The van der Waals surface area contributed by atoms with Crippen LogP contribution in [0.3, 0.4) is 0 Å². The van der Waals surface area contributed by atoms with Gasteiger partial charge in [-0.1, -0.05) is 60.8 Å². The van der Waals surface area contributed by atoms with Crippen LogP contribution in [0, 0.1) is 0 Å². The predicted molar refractivity (Wildman–Crippen MR) is 157 cm³/mol. The van der Waals surface area contributed by atoms with E-state index in [1.54, 1.807) is 6.33 Å². The van der Waals surface area contributed by atoms with Crippen LogP contribution >= 0.6 is 11.6 Å². The summed E-state index contributed by atoms with van der Waals surface area (Å²) in [5, 5.41) is 11.6. The molecule has 4 atom stereocenters. The number of aromatic nitrogens is 3. The van der Waals surface area contributed by atoms with E-state index in [0.29, 0.717) is 49.6 Å². The zero-order valence-electron chi connectivity index (χ0n) is 23.3. The van der Waals surface area contributed by atoms with Crippen LogP contribution in [0.4, 0.5) is 0 Å². The van der Waals surface area contributed by atoms with Gasteiger partial charge in [0.15, 0.2) is 0 Å². The van der Waals surface area contributed by atoms with Crippen molar-refractivity contribution in [1.82, 2.24) is 35.2 Å². The van der Waals surface area contributed by atoms with Gasteiger partial charge in [-0.05, 0) is 48.1 Å². The van der Waals surface area contributed by atoms with Gasteiger partial charge in [0.05, 0.1) is 12.1 Å². The molecule has 2 N–H and O–H groups in total. The van der Waals surface area contributed by atoms with Gasteiger partial charge in [0.2, 0.25) is 11.8 Å². The van der Waals surface area contributed by atoms with Crippen LogP contribution in [0.25, 0.3) is 0 Å². The standard InChI is InChI=1S/C31H38ClN7O2/c32-25-11-9-22(10-12-25)17-27(36-30(40)26-18-23-5-1-2-6-24(23)19-34-26)31(41)38-15-13-37(14-16-38)28-7-3-4-8-29(28)39-21-33-20-35-39/h1-2,5-6,9-12,20-21,26-29,34H,3-4,7-8,13-19H2,(H,36,40)/t26-,27?,28?,29?/m1/s1. The van der Waals surface area contributed by atoms with E-state index in [-0.39, 0.29) is 17.9 Å². The van der Waals surface area contributed by atoms with Gasteiger partial charge in [0, 0.05) is 50.2 Å². The summed E-state index contributed by atoms with van der Waals surface area (Å²) in [5.74, 6) is -0.163. The van der Waals surface area contributed by atoms with Crippen LogP contribution in [-0.4, -0.2) is 80.7 Å². The Morgan fingerprint density at radius 1 is 0.976 bits per heavy atom. The van der Waals surface area contributed by atoms with Crippen molar-refractivity contribution in [3.63, 3.8) is 0 Å². The second-order valence-electron chi connectivity index (χ2n) is 11.5. The molecule has 2 fully saturated rings. The van der Waals surface area contributed by atoms with Gasteiger partial charge in [0.25, 0.3) is 0 Å². The van der Waals surface area contributed by atoms with Crippen molar-refractivity contribution in [1.29, 1.82) is 0 Å². The molecule has 10 heteroatoms. The first-order chi connectivity index (χ1) is 20.0. The molecule has 2 aromatic carbocycles. The Balaban J connectivity index is 1.12. The average molecular weight is 576 g/mol. The van der Waals surface area contributed by atoms with Crippen LogP contribution in [-0.2, 0) is 29.0 Å². The summed E-state index contributed by atoms with van der Waals surface area (Å²) < 4.78 is 2.01. The minimum Gasteiger partial charge on any atom is -0.343 e. The largest absolute Gasteiger partial charge is 0.343 e. The molecule has 6 rings (SSSR count). The topological polar surface area (TPSA) is 95.4 Å². The molecule has 0 radical (unpaired) electrons. The number of hydrogen-bond acceptors (Lipinski definition) is 6. The third-order valence-corrected chi connectivity index (χ3v) is 9.18. The molecule has 3 aromatic rings. The van der Waals surface area contributed by atoms with E-state index in [0.717, 1.165) is 31.5 Å². The molecule has 216 valence electrons. The Labute approximate surface area is 246 Å². The number of hydrogen-bond donors (Lipinski definition) is 2. The molecule has 1 saturated heterocycles. The quantitative estimate of drug-likeness (QED) is 0.450. The fourth-order valence-corrected chi connectivity index (χ4v) is 6.80. The average Bonchev–Trinajstić information content (AvgIpc) is 3.56. The zero-order valence-corrected chi connectivity index (χ0v) is 24.0. The molecule has 2 aliphatic heterocycles. The van der Waals surface area contributed by atoms with Crippen molar-refractivity contribution < 1.29 is 9.59 Å². The number of carbonyl (C=O) groups is 2. The molecule has 9 nitrogen and oxygen atoms in total. The lowest BCUT2D eigenvalue weighted by atomic mass is 9.89. The smallest absolute Gasteiger partial charge is 0.245 e. The third kappa shape index (κ3) is 6.47. The summed E-state index contributed by atoms with van der Waals surface area (Å²) in [6.45, 7) is 3.54. The number of piperazine rings is 1. The van der Waals surface area contributed by atoms with Crippen molar-refractivity contribution in [2.75, 3.05) is 26.2 Å². The summed E-state index contributed by atoms with van der Waals surface area (Å²) in [6, 6.07) is 15.4. The second kappa shape index (κ2) is 12.7. The number of amides is 2.